The minimum absolute atomic E-state index is 0.0821. The highest BCUT2D eigenvalue weighted by atomic mass is 19.4. The summed E-state index contributed by atoms with van der Waals surface area (Å²) in [6, 6.07) is 5.92. The molecule has 9 heteroatoms. The van der Waals surface area contributed by atoms with Crippen molar-refractivity contribution in [2.45, 2.75) is 32.5 Å². The van der Waals surface area contributed by atoms with Crippen LogP contribution in [0.1, 0.15) is 36.5 Å². The SMILES string of the molecule is CC(O)CC(C)CNC(=O)c1cccc(-c2noc(C(F)(F)F)n2)c1. The lowest BCUT2D eigenvalue weighted by Gasteiger charge is -2.14. The number of halogens is 3. The van der Waals surface area contributed by atoms with Crippen LogP contribution >= 0.6 is 0 Å². The second-order valence-corrected chi connectivity index (χ2v) is 5.90. The van der Waals surface area contributed by atoms with Crippen LogP contribution in [0.4, 0.5) is 13.2 Å². The number of hydrogen-bond acceptors (Lipinski definition) is 5. The molecule has 0 aliphatic heterocycles. The van der Waals surface area contributed by atoms with Gasteiger partial charge in [-0.2, -0.15) is 18.2 Å². The third kappa shape index (κ3) is 5.28. The fourth-order valence-corrected chi connectivity index (χ4v) is 2.29. The number of aliphatic hydroxyl groups is 1. The van der Waals surface area contributed by atoms with Crippen molar-refractivity contribution in [3.8, 4) is 11.4 Å². The molecule has 2 rings (SSSR count). The largest absolute Gasteiger partial charge is 0.471 e. The molecule has 1 amide bonds. The van der Waals surface area contributed by atoms with Crippen LogP contribution in [0.5, 0.6) is 0 Å². The molecule has 0 fully saturated rings. The van der Waals surface area contributed by atoms with E-state index < -0.39 is 18.2 Å². The zero-order chi connectivity index (χ0) is 18.6. The van der Waals surface area contributed by atoms with Crippen LogP contribution < -0.4 is 5.32 Å². The van der Waals surface area contributed by atoms with Crippen molar-refractivity contribution >= 4 is 5.91 Å². The van der Waals surface area contributed by atoms with Crippen molar-refractivity contribution < 1.29 is 27.6 Å². The number of carbonyl (C=O) groups excluding carboxylic acids is 1. The third-order valence-corrected chi connectivity index (χ3v) is 3.41. The van der Waals surface area contributed by atoms with E-state index in [0.29, 0.717) is 13.0 Å². The quantitative estimate of drug-likeness (QED) is 0.830. The number of benzene rings is 1. The van der Waals surface area contributed by atoms with E-state index in [0.717, 1.165) is 0 Å². The highest BCUT2D eigenvalue weighted by molar-refractivity contribution is 5.95. The van der Waals surface area contributed by atoms with E-state index in [-0.39, 0.29) is 28.8 Å². The van der Waals surface area contributed by atoms with Gasteiger partial charge in [-0.3, -0.25) is 4.79 Å². The van der Waals surface area contributed by atoms with Gasteiger partial charge < -0.3 is 14.9 Å². The average Bonchev–Trinajstić information content (AvgIpc) is 3.02. The number of aromatic nitrogens is 2. The molecule has 25 heavy (non-hydrogen) atoms. The number of alkyl halides is 3. The predicted octanol–water partition coefficient (Wildman–Crippen LogP) is 2.89. The Labute approximate surface area is 142 Å². The molecule has 0 spiro atoms. The smallest absolute Gasteiger partial charge is 0.393 e. The summed E-state index contributed by atoms with van der Waals surface area (Å²) in [5.74, 6) is -1.98. The minimum Gasteiger partial charge on any atom is -0.393 e. The Bertz CT molecular complexity index is 729. The summed E-state index contributed by atoms with van der Waals surface area (Å²) in [4.78, 5) is 15.5. The van der Waals surface area contributed by atoms with Crippen LogP contribution in [0, 0.1) is 5.92 Å². The zero-order valence-corrected chi connectivity index (χ0v) is 13.7. The lowest BCUT2D eigenvalue weighted by molar-refractivity contribution is -0.159. The first kappa shape index (κ1) is 18.9. The first-order valence-electron chi connectivity index (χ1n) is 7.64. The van der Waals surface area contributed by atoms with E-state index in [4.69, 9.17) is 0 Å². The highest BCUT2D eigenvalue weighted by Crippen LogP contribution is 2.29. The average molecular weight is 357 g/mol. The molecule has 2 unspecified atom stereocenters. The summed E-state index contributed by atoms with van der Waals surface area (Å²) in [7, 11) is 0. The summed E-state index contributed by atoms with van der Waals surface area (Å²) in [6.07, 6.45) is -4.64. The number of carbonyl (C=O) groups is 1. The summed E-state index contributed by atoms with van der Waals surface area (Å²) in [5.41, 5.74) is 0.504. The van der Waals surface area contributed by atoms with Gasteiger partial charge in [-0.15, -0.1) is 0 Å². The first-order chi connectivity index (χ1) is 11.7. The highest BCUT2D eigenvalue weighted by Gasteiger charge is 2.38. The molecule has 136 valence electrons. The minimum atomic E-state index is -4.72. The zero-order valence-electron chi connectivity index (χ0n) is 13.7. The predicted molar refractivity (Wildman–Crippen MR) is 82.5 cm³/mol. The van der Waals surface area contributed by atoms with Gasteiger partial charge in [0.05, 0.1) is 6.10 Å². The molecule has 1 aromatic heterocycles. The van der Waals surface area contributed by atoms with Crippen LogP contribution in [0.2, 0.25) is 0 Å². The number of aliphatic hydroxyl groups excluding tert-OH is 1. The molecule has 0 aliphatic carbocycles. The third-order valence-electron chi connectivity index (χ3n) is 3.41. The molecule has 1 aromatic carbocycles. The number of amides is 1. The Balaban J connectivity index is 2.08. The van der Waals surface area contributed by atoms with Crippen LogP contribution in [-0.4, -0.2) is 33.8 Å². The van der Waals surface area contributed by atoms with Gasteiger partial charge in [0.25, 0.3) is 5.91 Å². The van der Waals surface area contributed by atoms with Gasteiger partial charge in [0.2, 0.25) is 5.82 Å². The summed E-state index contributed by atoms with van der Waals surface area (Å²) >= 11 is 0. The molecule has 0 saturated carbocycles. The number of nitrogens with zero attached hydrogens (tertiary/aromatic N) is 2. The maximum atomic E-state index is 12.5. The van der Waals surface area contributed by atoms with Gasteiger partial charge in [0, 0.05) is 17.7 Å². The van der Waals surface area contributed by atoms with Crippen LogP contribution in [-0.2, 0) is 6.18 Å². The van der Waals surface area contributed by atoms with Gasteiger partial charge >= 0.3 is 12.1 Å². The molecular formula is C16H18F3N3O3. The molecule has 0 radical (unpaired) electrons. The number of hydrogen-bond donors (Lipinski definition) is 2. The molecule has 2 N–H and O–H groups in total. The Morgan fingerprint density at radius 1 is 1.36 bits per heavy atom. The van der Waals surface area contributed by atoms with Crippen molar-refractivity contribution in [3.63, 3.8) is 0 Å². The standard InChI is InChI=1S/C16H18F3N3O3/c1-9(6-10(2)23)8-20-14(24)12-5-3-4-11(7-12)13-21-15(25-22-13)16(17,18)19/h3-5,7,9-10,23H,6,8H2,1-2H3,(H,20,24). The Hall–Kier alpha value is -2.42. The van der Waals surface area contributed by atoms with E-state index in [1.165, 1.54) is 24.3 Å². The maximum Gasteiger partial charge on any atom is 0.471 e. The molecule has 0 saturated heterocycles. The first-order valence-corrected chi connectivity index (χ1v) is 7.64. The van der Waals surface area contributed by atoms with Crippen molar-refractivity contribution in [1.29, 1.82) is 0 Å². The summed E-state index contributed by atoms with van der Waals surface area (Å²) < 4.78 is 41.7. The number of rotatable bonds is 6. The van der Waals surface area contributed by atoms with E-state index >= 15 is 0 Å². The molecular weight excluding hydrogens is 339 g/mol. The second-order valence-electron chi connectivity index (χ2n) is 5.90. The Kier molecular flexibility index (Phi) is 5.78. The summed E-state index contributed by atoms with van der Waals surface area (Å²) in [6.45, 7) is 3.93. The van der Waals surface area contributed by atoms with E-state index in [1.807, 2.05) is 6.92 Å². The number of nitrogens with one attached hydrogen (secondary N) is 1. The molecule has 1 heterocycles. The normalized spacial score (nSPS) is 14.2. The Morgan fingerprint density at radius 3 is 2.68 bits per heavy atom. The van der Waals surface area contributed by atoms with Gasteiger partial charge in [0.1, 0.15) is 0 Å². The monoisotopic (exact) mass is 357 g/mol. The van der Waals surface area contributed by atoms with Gasteiger partial charge in [0.15, 0.2) is 0 Å². The maximum absolute atomic E-state index is 12.5. The Morgan fingerprint density at radius 2 is 2.08 bits per heavy atom. The fourth-order valence-electron chi connectivity index (χ4n) is 2.29. The lowest BCUT2D eigenvalue weighted by atomic mass is 10.0. The van der Waals surface area contributed by atoms with Crippen LogP contribution in [0.25, 0.3) is 11.4 Å². The second kappa shape index (κ2) is 7.64. The topological polar surface area (TPSA) is 88.2 Å². The molecule has 0 aliphatic rings. The lowest BCUT2D eigenvalue weighted by Crippen LogP contribution is -2.29. The van der Waals surface area contributed by atoms with Gasteiger partial charge in [-0.1, -0.05) is 24.2 Å². The van der Waals surface area contributed by atoms with E-state index in [1.54, 1.807) is 6.92 Å². The van der Waals surface area contributed by atoms with Gasteiger partial charge in [-0.25, -0.2) is 0 Å². The van der Waals surface area contributed by atoms with Crippen molar-refractivity contribution in [3.05, 3.63) is 35.7 Å². The van der Waals surface area contributed by atoms with Crippen molar-refractivity contribution in [2.24, 2.45) is 5.92 Å². The van der Waals surface area contributed by atoms with Crippen LogP contribution in [0.15, 0.2) is 28.8 Å². The van der Waals surface area contributed by atoms with Gasteiger partial charge in [-0.05, 0) is 31.4 Å². The molecule has 2 aromatic rings. The van der Waals surface area contributed by atoms with Crippen molar-refractivity contribution in [1.82, 2.24) is 15.5 Å². The van der Waals surface area contributed by atoms with E-state index in [9.17, 15) is 23.1 Å². The molecule has 6 nitrogen and oxygen atoms in total. The van der Waals surface area contributed by atoms with Crippen LogP contribution in [0.3, 0.4) is 0 Å². The summed E-state index contributed by atoms with van der Waals surface area (Å²) in [5, 5.41) is 15.3. The molecule has 0 bridgehead atoms. The molecule has 2 atom stereocenters. The fraction of sp³-hybridized carbons (Fsp3) is 0.438. The van der Waals surface area contributed by atoms with Crippen molar-refractivity contribution in [2.75, 3.05) is 6.54 Å². The van der Waals surface area contributed by atoms with E-state index in [2.05, 4.69) is 20.0 Å².